The van der Waals surface area contributed by atoms with Crippen LogP contribution in [0.2, 0.25) is 0 Å². The minimum atomic E-state index is 0.212. The lowest BCUT2D eigenvalue weighted by molar-refractivity contribution is -0.115. The molecule has 0 bridgehead atoms. The summed E-state index contributed by atoms with van der Waals surface area (Å²) < 4.78 is 0. The third-order valence-corrected chi connectivity index (χ3v) is 2.93. The number of ketones is 1. The van der Waals surface area contributed by atoms with Gasteiger partial charge in [0.2, 0.25) is 0 Å². The molecule has 0 aromatic heterocycles. The van der Waals surface area contributed by atoms with Crippen molar-refractivity contribution in [1.29, 1.82) is 0 Å². The van der Waals surface area contributed by atoms with Crippen molar-refractivity contribution in [2.45, 2.75) is 6.42 Å². The van der Waals surface area contributed by atoms with Gasteiger partial charge in [-0.05, 0) is 36.9 Å². The Morgan fingerprint density at radius 1 is 1.55 bits per heavy atom. The van der Waals surface area contributed by atoms with Crippen LogP contribution in [0.1, 0.15) is 6.42 Å². The molecule has 2 nitrogen and oxygen atoms in total. The maximum atomic E-state index is 11.0. The van der Waals surface area contributed by atoms with E-state index in [-0.39, 0.29) is 5.78 Å². The molecule has 1 aliphatic heterocycles. The Balaban J connectivity index is 1.83. The maximum absolute atomic E-state index is 11.0. The second kappa shape index (κ2) is 2.45. The molecular formula is C9H13NO. The quantitative estimate of drug-likeness (QED) is 0.598. The van der Waals surface area contributed by atoms with Crippen molar-refractivity contribution in [1.82, 2.24) is 5.32 Å². The molecular weight excluding hydrogens is 138 g/mol. The minimum absolute atomic E-state index is 0.212. The molecule has 1 heterocycles. The monoisotopic (exact) mass is 151 g/mol. The molecule has 2 rings (SSSR count). The zero-order valence-electron chi connectivity index (χ0n) is 6.55. The number of nitrogens with one attached hydrogen (secondary N) is 1. The molecule has 1 aliphatic carbocycles. The van der Waals surface area contributed by atoms with Crippen molar-refractivity contribution < 1.29 is 4.79 Å². The number of carbonyl (C=O) groups excluding carboxylic acids is 1. The summed E-state index contributed by atoms with van der Waals surface area (Å²) in [5, 5.41) is 3.31. The predicted octanol–water partition coefficient (Wildman–Crippen LogP) is 0.597. The van der Waals surface area contributed by atoms with Crippen LogP contribution in [0.15, 0.2) is 12.7 Å². The van der Waals surface area contributed by atoms with Crippen LogP contribution in [0.3, 0.4) is 0 Å². The van der Waals surface area contributed by atoms with Crippen molar-refractivity contribution in [2.24, 2.45) is 17.8 Å². The molecule has 0 spiro atoms. The number of carbonyl (C=O) groups is 1. The zero-order valence-corrected chi connectivity index (χ0v) is 6.55. The molecule has 1 saturated carbocycles. The fraction of sp³-hybridized carbons (Fsp3) is 0.667. The van der Waals surface area contributed by atoms with E-state index in [4.69, 9.17) is 0 Å². The van der Waals surface area contributed by atoms with Crippen LogP contribution < -0.4 is 5.32 Å². The van der Waals surface area contributed by atoms with E-state index in [0.29, 0.717) is 5.92 Å². The Bertz CT molecular complexity index is 190. The third-order valence-electron chi connectivity index (χ3n) is 2.93. The highest BCUT2D eigenvalue weighted by atomic mass is 16.1. The van der Waals surface area contributed by atoms with Gasteiger partial charge >= 0.3 is 0 Å². The van der Waals surface area contributed by atoms with Crippen molar-refractivity contribution in [3.8, 4) is 0 Å². The van der Waals surface area contributed by atoms with E-state index in [1.165, 1.54) is 6.08 Å². The first-order chi connectivity index (χ1) is 5.33. The zero-order chi connectivity index (χ0) is 7.84. The van der Waals surface area contributed by atoms with Gasteiger partial charge in [0.25, 0.3) is 0 Å². The summed E-state index contributed by atoms with van der Waals surface area (Å²) in [6.45, 7) is 5.72. The Morgan fingerprint density at radius 3 is 2.73 bits per heavy atom. The first-order valence-corrected chi connectivity index (χ1v) is 4.19. The van der Waals surface area contributed by atoms with Gasteiger partial charge in [0.15, 0.2) is 5.78 Å². The molecule has 0 amide bonds. The van der Waals surface area contributed by atoms with Crippen LogP contribution in [0.25, 0.3) is 0 Å². The van der Waals surface area contributed by atoms with Gasteiger partial charge in [-0.1, -0.05) is 6.58 Å². The average molecular weight is 151 g/mol. The van der Waals surface area contributed by atoms with Crippen LogP contribution in [0.4, 0.5) is 0 Å². The molecule has 11 heavy (non-hydrogen) atoms. The van der Waals surface area contributed by atoms with E-state index < -0.39 is 0 Å². The maximum Gasteiger partial charge on any atom is 0.155 e. The second-order valence-electron chi connectivity index (χ2n) is 3.52. The second-order valence-corrected chi connectivity index (χ2v) is 3.52. The summed E-state index contributed by atoms with van der Waals surface area (Å²) in [4.78, 5) is 11.0. The number of rotatable bonds is 3. The average Bonchev–Trinajstić information content (AvgIpc) is 2.52. The van der Waals surface area contributed by atoms with Crippen molar-refractivity contribution in [2.75, 3.05) is 13.1 Å². The predicted molar refractivity (Wildman–Crippen MR) is 43.2 cm³/mol. The molecule has 1 saturated heterocycles. The summed E-state index contributed by atoms with van der Waals surface area (Å²) in [7, 11) is 0. The highest BCUT2D eigenvalue weighted by Gasteiger charge is 2.52. The van der Waals surface area contributed by atoms with Gasteiger partial charge in [0, 0.05) is 6.42 Å². The van der Waals surface area contributed by atoms with Gasteiger partial charge in [0.05, 0.1) is 0 Å². The Hall–Kier alpha value is -0.630. The van der Waals surface area contributed by atoms with E-state index >= 15 is 0 Å². The standard InChI is InChI=1S/C9H13NO/c1-2-6(11)3-7-8-4-10-5-9(7)8/h2,7-10H,1,3-5H2/t7?,8-,9+. The van der Waals surface area contributed by atoms with Crippen LogP contribution in [-0.4, -0.2) is 18.9 Å². The Kier molecular flexibility index (Phi) is 1.57. The Morgan fingerprint density at radius 2 is 2.18 bits per heavy atom. The van der Waals surface area contributed by atoms with E-state index in [2.05, 4.69) is 11.9 Å². The first kappa shape index (κ1) is 7.04. The number of hydrogen-bond donors (Lipinski definition) is 1. The fourth-order valence-electron chi connectivity index (χ4n) is 2.16. The third kappa shape index (κ3) is 1.11. The van der Waals surface area contributed by atoms with Crippen LogP contribution in [0, 0.1) is 17.8 Å². The van der Waals surface area contributed by atoms with Gasteiger partial charge in [-0.2, -0.15) is 0 Å². The summed E-state index contributed by atoms with van der Waals surface area (Å²) in [5.74, 6) is 2.50. The van der Waals surface area contributed by atoms with Gasteiger partial charge in [-0.25, -0.2) is 0 Å². The van der Waals surface area contributed by atoms with E-state index in [1.807, 2.05) is 0 Å². The topological polar surface area (TPSA) is 29.1 Å². The molecule has 1 N–H and O–H groups in total. The Labute approximate surface area is 66.7 Å². The van der Waals surface area contributed by atoms with Gasteiger partial charge in [-0.15, -0.1) is 0 Å². The molecule has 2 fully saturated rings. The van der Waals surface area contributed by atoms with Crippen LogP contribution >= 0.6 is 0 Å². The smallest absolute Gasteiger partial charge is 0.155 e. The van der Waals surface area contributed by atoms with Gasteiger partial charge < -0.3 is 5.32 Å². The van der Waals surface area contributed by atoms with Crippen molar-refractivity contribution in [3.63, 3.8) is 0 Å². The van der Waals surface area contributed by atoms with E-state index in [0.717, 1.165) is 31.3 Å². The summed E-state index contributed by atoms with van der Waals surface area (Å²) in [5.41, 5.74) is 0. The van der Waals surface area contributed by atoms with E-state index in [1.54, 1.807) is 0 Å². The molecule has 1 unspecified atom stereocenters. The summed E-state index contributed by atoms with van der Waals surface area (Å²) in [6.07, 6.45) is 2.18. The normalized spacial score (nSPS) is 39.8. The van der Waals surface area contributed by atoms with E-state index in [9.17, 15) is 4.79 Å². The molecule has 0 aromatic carbocycles. The molecule has 2 aliphatic rings. The minimum Gasteiger partial charge on any atom is -0.316 e. The number of piperidine rings is 1. The molecule has 2 heteroatoms. The number of hydrogen-bond acceptors (Lipinski definition) is 2. The number of allylic oxidation sites excluding steroid dienone is 1. The van der Waals surface area contributed by atoms with Crippen LogP contribution in [0.5, 0.6) is 0 Å². The molecule has 60 valence electrons. The summed E-state index contributed by atoms with van der Waals surface area (Å²) in [6, 6.07) is 0. The lowest BCUT2D eigenvalue weighted by atomic mass is 10.1. The lowest BCUT2D eigenvalue weighted by Gasteiger charge is -2.00. The molecule has 3 atom stereocenters. The summed E-state index contributed by atoms with van der Waals surface area (Å²) >= 11 is 0. The highest BCUT2D eigenvalue weighted by Crippen LogP contribution is 2.50. The van der Waals surface area contributed by atoms with Crippen molar-refractivity contribution in [3.05, 3.63) is 12.7 Å². The lowest BCUT2D eigenvalue weighted by Crippen LogP contribution is -2.15. The largest absolute Gasteiger partial charge is 0.316 e. The SMILES string of the molecule is C=CC(=O)CC1[C@H]2CNC[C@@H]12. The van der Waals surface area contributed by atoms with Gasteiger partial charge in [-0.3, -0.25) is 4.79 Å². The van der Waals surface area contributed by atoms with Gasteiger partial charge in [0.1, 0.15) is 0 Å². The molecule has 0 aromatic rings. The molecule has 0 radical (unpaired) electrons. The highest BCUT2D eigenvalue weighted by molar-refractivity contribution is 5.89. The van der Waals surface area contributed by atoms with Crippen LogP contribution in [-0.2, 0) is 4.79 Å². The number of fused-ring (bicyclic) bond motifs is 1. The fourth-order valence-corrected chi connectivity index (χ4v) is 2.16. The van der Waals surface area contributed by atoms with Crippen molar-refractivity contribution >= 4 is 5.78 Å². The first-order valence-electron chi connectivity index (χ1n) is 4.19.